The van der Waals surface area contributed by atoms with Crippen molar-refractivity contribution in [2.45, 2.75) is 26.7 Å². The molecule has 0 saturated carbocycles. The monoisotopic (exact) mass is 480 g/mol. The molecule has 3 heteroatoms. The number of benzene rings is 4. The minimum atomic E-state index is 0.468. The Balaban J connectivity index is 1.63. The molecule has 0 amide bonds. The van der Waals surface area contributed by atoms with Gasteiger partial charge in [-0.1, -0.05) is 68.4 Å². The number of pyridine rings is 1. The maximum Gasteiger partial charge on any atom is 0.287 e. The van der Waals surface area contributed by atoms with Crippen LogP contribution in [0.25, 0.3) is 55.1 Å². The Morgan fingerprint density at radius 3 is 1.95 bits per heavy atom. The summed E-state index contributed by atoms with van der Waals surface area (Å²) in [4.78, 5) is 0. The minimum Gasteiger partial charge on any atom is -0.306 e. The molecule has 37 heavy (non-hydrogen) atoms. The number of hydrogen-bond donors (Lipinski definition) is 0. The summed E-state index contributed by atoms with van der Waals surface area (Å²) in [5.41, 5.74) is 8.91. The highest BCUT2D eigenvalue weighted by Gasteiger charge is 2.25. The molecule has 0 saturated heterocycles. The molecule has 3 heterocycles. The predicted molar refractivity (Wildman–Crippen MR) is 155 cm³/mol. The van der Waals surface area contributed by atoms with E-state index in [0.717, 1.165) is 0 Å². The minimum absolute atomic E-state index is 0.468. The Hall–Kier alpha value is -4.37. The number of para-hydroxylation sites is 3. The van der Waals surface area contributed by atoms with Crippen LogP contribution < -0.4 is 4.57 Å². The van der Waals surface area contributed by atoms with E-state index in [4.69, 9.17) is 0 Å². The second kappa shape index (κ2) is 8.07. The molecule has 4 aromatic carbocycles. The summed E-state index contributed by atoms with van der Waals surface area (Å²) in [5, 5.41) is 5.13. The van der Waals surface area contributed by atoms with Gasteiger partial charge in [0, 0.05) is 38.9 Å². The number of rotatable bonds is 3. The van der Waals surface area contributed by atoms with Gasteiger partial charge in [0.25, 0.3) is 5.82 Å². The first-order valence-electron chi connectivity index (χ1n) is 13.1. The molecule has 0 N–H and O–H groups in total. The standard InChI is InChI=1S/C34H30N3/c1-22(2)25-18-19-28-26-14-8-11-17-31(26)37(34(28)23(25)3)33-20-29-27-15-9-10-16-30(27)36(32(29)21-35(33)4)24-12-6-5-7-13-24/h5-22H,1-4H3/q+1. The van der Waals surface area contributed by atoms with Crippen LogP contribution in [0.1, 0.15) is 30.9 Å². The van der Waals surface area contributed by atoms with Gasteiger partial charge in [-0.05, 0) is 54.8 Å². The molecule has 3 aromatic heterocycles. The molecule has 0 aliphatic rings. The molecule has 0 aliphatic carbocycles. The van der Waals surface area contributed by atoms with Gasteiger partial charge in [0.2, 0.25) is 0 Å². The lowest BCUT2D eigenvalue weighted by Gasteiger charge is -2.12. The SMILES string of the molecule is Cc1c(C(C)C)ccc2c3ccccc3n(-c3cc4c5ccccc5n(-c5ccccc5)c4c[n+]3C)c12. The van der Waals surface area contributed by atoms with Crippen molar-refractivity contribution in [3.8, 4) is 11.5 Å². The molecule has 0 spiro atoms. The van der Waals surface area contributed by atoms with Gasteiger partial charge >= 0.3 is 0 Å². The van der Waals surface area contributed by atoms with Gasteiger partial charge < -0.3 is 4.57 Å². The van der Waals surface area contributed by atoms with E-state index in [2.05, 4.69) is 145 Å². The van der Waals surface area contributed by atoms with E-state index >= 15 is 0 Å². The number of aryl methyl sites for hydroxylation is 2. The normalized spacial score (nSPS) is 12.0. The quantitative estimate of drug-likeness (QED) is 0.227. The van der Waals surface area contributed by atoms with Crippen LogP contribution >= 0.6 is 0 Å². The van der Waals surface area contributed by atoms with Gasteiger partial charge in [0.1, 0.15) is 17.2 Å². The fourth-order valence-electron chi connectivity index (χ4n) is 6.22. The van der Waals surface area contributed by atoms with Crippen LogP contribution in [0.2, 0.25) is 0 Å². The average molecular weight is 481 g/mol. The van der Waals surface area contributed by atoms with Crippen LogP contribution in [0.4, 0.5) is 0 Å². The van der Waals surface area contributed by atoms with E-state index in [1.54, 1.807) is 0 Å². The van der Waals surface area contributed by atoms with Crippen LogP contribution in [-0.2, 0) is 7.05 Å². The first-order chi connectivity index (χ1) is 18.0. The lowest BCUT2D eigenvalue weighted by molar-refractivity contribution is -0.664. The number of aromatic nitrogens is 3. The zero-order chi connectivity index (χ0) is 25.3. The van der Waals surface area contributed by atoms with Crippen molar-refractivity contribution in [3.63, 3.8) is 0 Å². The number of hydrogen-bond acceptors (Lipinski definition) is 0. The summed E-state index contributed by atoms with van der Waals surface area (Å²) in [6, 6.07) is 35.2. The van der Waals surface area contributed by atoms with Gasteiger partial charge in [-0.25, -0.2) is 4.57 Å². The highest BCUT2D eigenvalue weighted by Crippen LogP contribution is 2.38. The van der Waals surface area contributed by atoms with Crippen molar-refractivity contribution in [2.75, 3.05) is 0 Å². The molecule has 3 nitrogen and oxygen atoms in total. The van der Waals surface area contributed by atoms with Gasteiger partial charge in [-0.3, -0.25) is 0 Å². The Morgan fingerprint density at radius 1 is 0.622 bits per heavy atom. The maximum atomic E-state index is 2.47. The molecule has 7 rings (SSSR count). The molecule has 0 atom stereocenters. The first-order valence-corrected chi connectivity index (χ1v) is 13.1. The Morgan fingerprint density at radius 2 is 1.24 bits per heavy atom. The van der Waals surface area contributed by atoms with Crippen molar-refractivity contribution >= 4 is 43.6 Å². The largest absolute Gasteiger partial charge is 0.306 e. The summed E-state index contributed by atoms with van der Waals surface area (Å²) < 4.78 is 7.14. The van der Waals surface area contributed by atoms with E-state index in [9.17, 15) is 0 Å². The second-order valence-electron chi connectivity index (χ2n) is 10.4. The van der Waals surface area contributed by atoms with E-state index in [0.29, 0.717) is 5.92 Å². The molecule has 0 bridgehead atoms. The van der Waals surface area contributed by atoms with Crippen LogP contribution in [-0.4, -0.2) is 9.13 Å². The molecule has 0 unspecified atom stereocenters. The van der Waals surface area contributed by atoms with Gasteiger partial charge in [-0.15, -0.1) is 0 Å². The lowest BCUT2D eigenvalue weighted by atomic mass is 9.95. The summed E-state index contributed by atoms with van der Waals surface area (Å²) in [6.45, 7) is 6.85. The molecule has 180 valence electrons. The van der Waals surface area contributed by atoms with Gasteiger partial charge in [-0.2, -0.15) is 4.57 Å². The molecular formula is C34H30N3+. The van der Waals surface area contributed by atoms with Crippen LogP contribution in [0.3, 0.4) is 0 Å². The zero-order valence-corrected chi connectivity index (χ0v) is 21.7. The van der Waals surface area contributed by atoms with Crippen molar-refractivity contribution in [3.05, 3.63) is 114 Å². The summed E-state index contributed by atoms with van der Waals surface area (Å²) in [5.74, 6) is 1.63. The fraction of sp³-hybridized carbons (Fsp3) is 0.147. The Labute approximate surface area is 216 Å². The molecule has 0 fully saturated rings. The zero-order valence-electron chi connectivity index (χ0n) is 21.7. The Bertz CT molecular complexity index is 1970. The van der Waals surface area contributed by atoms with Crippen molar-refractivity contribution in [1.82, 2.24) is 9.13 Å². The molecule has 0 aliphatic heterocycles. The van der Waals surface area contributed by atoms with Crippen LogP contribution in [0.15, 0.2) is 103 Å². The third-order valence-corrected chi connectivity index (χ3v) is 7.90. The second-order valence-corrected chi connectivity index (χ2v) is 10.4. The van der Waals surface area contributed by atoms with Crippen molar-refractivity contribution in [2.24, 2.45) is 7.05 Å². The van der Waals surface area contributed by atoms with Gasteiger partial charge in [0.15, 0.2) is 0 Å². The molecule has 0 radical (unpaired) electrons. The third-order valence-electron chi connectivity index (χ3n) is 7.90. The highest BCUT2D eigenvalue weighted by atomic mass is 15.1. The third kappa shape index (κ3) is 3.10. The van der Waals surface area contributed by atoms with E-state index in [1.165, 1.54) is 66.2 Å². The predicted octanol–water partition coefficient (Wildman–Crippen LogP) is 8.14. The summed E-state index contributed by atoms with van der Waals surface area (Å²) in [7, 11) is 2.17. The highest BCUT2D eigenvalue weighted by molar-refractivity contribution is 6.12. The first kappa shape index (κ1) is 21.9. The van der Waals surface area contributed by atoms with Crippen molar-refractivity contribution in [1.29, 1.82) is 0 Å². The van der Waals surface area contributed by atoms with Crippen LogP contribution in [0, 0.1) is 6.92 Å². The smallest absolute Gasteiger partial charge is 0.287 e. The summed E-state index contributed by atoms with van der Waals surface area (Å²) in [6.07, 6.45) is 2.29. The lowest BCUT2D eigenvalue weighted by Crippen LogP contribution is -2.33. The van der Waals surface area contributed by atoms with E-state index in [-0.39, 0.29) is 0 Å². The van der Waals surface area contributed by atoms with E-state index < -0.39 is 0 Å². The Kier molecular flexibility index (Phi) is 4.77. The average Bonchev–Trinajstić information content (AvgIpc) is 3.42. The number of nitrogens with zero attached hydrogens (tertiary/aromatic N) is 3. The van der Waals surface area contributed by atoms with E-state index in [1.807, 2.05) is 0 Å². The van der Waals surface area contributed by atoms with Crippen molar-refractivity contribution < 1.29 is 4.57 Å². The number of fused-ring (bicyclic) bond motifs is 6. The fourth-order valence-corrected chi connectivity index (χ4v) is 6.22. The van der Waals surface area contributed by atoms with Crippen LogP contribution in [0.5, 0.6) is 0 Å². The maximum absolute atomic E-state index is 2.47. The topological polar surface area (TPSA) is 13.7 Å². The molecular weight excluding hydrogens is 450 g/mol. The summed E-state index contributed by atoms with van der Waals surface area (Å²) >= 11 is 0. The molecule has 7 aromatic rings. The van der Waals surface area contributed by atoms with Gasteiger partial charge in [0.05, 0.1) is 18.1 Å².